The van der Waals surface area contributed by atoms with E-state index in [1.54, 1.807) is 11.0 Å². The van der Waals surface area contributed by atoms with Crippen LogP contribution < -0.4 is 11.2 Å². The van der Waals surface area contributed by atoms with Crippen LogP contribution in [0.1, 0.15) is 13.8 Å². The molecule has 22 heavy (non-hydrogen) atoms. The van der Waals surface area contributed by atoms with E-state index in [0.29, 0.717) is 11.4 Å². The van der Waals surface area contributed by atoms with Gasteiger partial charge in [0.2, 0.25) is 0 Å². The number of rotatable bonds is 4. The summed E-state index contributed by atoms with van der Waals surface area (Å²) in [6.45, 7) is 3.90. The van der Waals surface area contributed by atoms with Crippen molar-refractivity contribution in [3.8, 4) is 0 Å². The van der Waals surface area contributed by atoms with Crippen molar-refractivity contribution in [2.45, 2.75) is 19.4 Å². The van der Waals surface area contributed by atoms with Crippen molar-refractivity contribution in [3.63, 3.8) is 0 Å². The van der Waals surface area contributed by atoms with Gasteiger partial charge in [0.25, 0.3) is 0 Å². The average molecular weight is 296 g/mol. The van der Waals surface area contributed by atoms with Gasteiger partial charge in [0.05, 0.1) is 5.69 Å². The van der Waals surface area contributed by atoms with Crippen LogP contribution >= 0.6 is 0 Å². The van der Waals surface area contributed by atoms with Crippen LogP contribution in [0.15, 0.2) is 58.3 Å². The molecule has 0 bridgehead atoms. The molecule has 0 saturated heterocycles. The zero-order valence-electron chi connectivity index (χ0n) is 12.3. The lowest BCUT2D eigenvalue weighted by Crippen LogP contribution is -2.43. The van der Waals surface area contributed by atoms with Gasteiger partial charge >= 0.3 is 0 Å². The van der Waals surface area contributed by atoms with Gasteiger partial charge in [-0.3, -0.25) is 5.43 Å². The molecule has 1 aromatic carbocycles. The van der Waals surface area contributed by atoms with Crippen LogP contribution in [-0.2, 0) is 5.54 Å². The normalized spacial score (nSPS) is 16.5. The molecular weight excluding hydrogens is 280 g/mol. The Morgan fingerprint density at radius 2 is 1.95 bits per heavy atom. The predicted octanol–water partition coefficient (Wildman–Crippen LogP) is 1.21. The maximum atomic E-state index is 5.90. The standard InChI is InChI=1S/C14H16N8/c1-14(2,22-9-16-8-17-22)12-11(13(15)21-20-12)19-18-10-6-4-3-5-7-10/h3-9,18H,1-2H3,(H2,15,19,21). The van der Waals surface area contributed by atoms with Crippen molar-refractivity contribution >= 4 is 22.9 Å². The number of anilines is 1. The molecule has 0 amide bonds. The number of nitrogens with one attached hydrogen (secondary N) is 1. The van der Waals surface area contributed by atoms with Crippen LogP contribution in [0.25, 0.3) is 0 Å². The number of hydrogen-bond donors (Lipinski definition) is 2. The number of para-hydroxylation sites is 1. The van der Waals surface area contributed by atoms with Crippen LogP contribution in [0, 0.1) is 0 Å². The van der Waals surface area contributed by atoms with Crippen molar-refractivity contribution in [1.82, 2.24) is 14.8 Å². The summed E-state index contributed by atoms with van der Waals surface area (Å²) < 4.78 is 1.69. The minimum atomic E-state index is -0.571. The smallest absolute Gasteiger partial charge is 0.175 e. The minimum Gasteiger partial charge on any atom is -0.380 e. The highest BCUT2D eigenvalue weighted by atomic mass is 15.4. The first kappa shape index (κ1) is 13.9. The highest BCUT2D eigenvalue weighted by Crippen LogP contribution is 2.20. The van der Waals surface area contributed by atoms with Gasteiger partial charge in [-0.05, 0) is 26.0 Å². The Kier molecular flexibility index (Phi) is 3.42. The summed E-state index contributed by atoms with van der Waals surface area (Å²) in [5.41, 5.74) is 10.3. The molecule has 0 atom stereocenters. The molecule has 2 aromatic rings. The molecule has 0 unspecified atom stereocenters. The van der Waals surface area contributed by atoms with E-state index >= 15 is 0 Å². The number of hydrazone groups is 1. The Hall–Kier alpha value is -3.03. The summed E-state index contributed by atoms with van der Waals surface area (Å²) in [5.74, 6) is 0.270. The molecule has 8 heteroatoms. The monoisotopic (exact) mass is 296 g/mol. The molecule has 3 N–H and O–H groups in total. The van der Waals surface area contributed by atoms with Crippen molar-refractivity contribution < 1.29 is 0 Å². The first-order valence-electron chi connectivity index (χ1n) is 6.75. The number of hydrogen-bond acceptors (Lipinski definition) is 7. The van der Waals surface area contributed by atoms with Gasteiger partial charge in [-0.25, -0.2) is 9.67 Å². The van der Waals surface area contributed by atoms with E-state index in [4.69, 9.17) is 5.73 Å². The van der Waals surface area contributed by atoms with Gasteiger partial charge < -0.3 is 5.73 Å². The lowest BCUT2D eigenvalue weighted by atomic mass is 9.94. The maximum Gasteiger partial charge on any atom is 0.175 e. The van der Waals surface area contributed by atoms with E-state index < -0.39 is 5.54 Å². The number of nitrogens with zero attached hydrogens (tertiary/aromatic N) is 6. The molecular formula is C14H16N8. The molecule has 1 aliphatic heterocycles. The van der Waals surface area contributed by atoms with Gasteiger partial charge in [-0.15, -0.1) is 10.2 Å². The van der Waals surface area contributed by atoms with Gasteiger partial charge in [-0.2, -0.15) is 10.2 Å². The number of aromatic nitrogens is 3. The lowest BCUT2D eigenvalue weighted by molar-refractivity contribution is 0.440. The minimum absolute atomic E-state index is 0.270. The fourth-order valence-electron chi connectivity index (χ4n) is 2.08. The molecule has 0 aliphatic carbocycles. The van der Waals surface area contributed by atoms with Crippen molar-refractivity contribution in [2.24, 2.45) is 21.0 Å². The fourth-order valence-corrected chi connectivity index (χ4v) is 2.08. The van der Waals surface area contributed by atoms with E-state index in [0.717, 1.165) is 5.69 Å². The molecule has 2 heterocycles. The Bertz CT molecular complexity index is 740. The number of nitrogens with two attached hydrogens (primary N) is 1. The highest BCUT2D eigenvalue weighted by molar-refractivity contribution is 6.70. The highest BCUT2D eigenvalue weighted by Gasteiger charge is 2.36. The Labute approximate surface area is 127 Å². The summed E-state index contributed by atoms with van der Waals surface area (Å²) in [7, 11) is 0. The molecule has 0 fully saturated rings. The molecule has 112 valence electrons. The second kappa shape index (κ2) is 5.40. The Balaban J connectivity index is 1.89. The first-order chi connectivity index (χ1) is 10.6. The molecule has 0 radical (unpaired) electrons. The Morgan fingerprint density at radius 3 is 2.64 bits per heavy atom. The SMILES string of the molecule is CC(C)(C1=NN=C(N)/C1=N/Nc1ccccc1)n1cncn1. The number of benzene rings is 1. The topological polar surface area (TPSA) is 106 Å². The van der Waals surface area contributed by atoms with Gasteiger partial charge in [0.1, 0.15) is 23.9 Å². The van der Waals surface area contributed by atoms with E-state index in [2.05, 4.69) is 30.8 Å². The molecule has 0 spiro atoms. The predicted molar refractivity (Wildman–Crippen MR) is 85.9 cm³/mol. The van der Waals surface area contributed by atoms with E-state index in [1.807, 2.05) is 44.2 Å². The third kappa shape index (κ3) is 2.46. The zero-order chi connectivity index (χ0) is 15.6. The molecule has 8 nitrogen and oxygen atoms in total. The summed E-state index contributed by atoms with van der Waals surface area (Å²) in [4.78, 5) is 3.97. The third-order valence-electron chi connectivity index (χ3n) is 3.37. The summed E-state index contributed by atoms with van der Waals surface area (Å²) in [6.07, 6.45) is 3.10. The summed E-state index contributed by atoms with van der Waals surface area (Å²) in [5, 5.41) is 16.6. The van der Waals surface area contributed by atoms with Crippen molar-refractivity contribution in [3.05, 3.63) is 43.0 Å². The third-order valence-corrected chi connectivity index (χ3v) is 3.37. The van der Waals surface area contributed by atoms with Gasteiger partial charge in [0.15, 0.2) is 11.5 Å². The molecule has 3 rings (SSSR count). The number of amidine groups is 1. The first-order valence-corrected chi connectivity index (χ1v) is 6.75. The summed E-state index contributed by atoms with van der Waals surface area (Å²) >= 11 is 0. The van der Waals surface area contributed by atoms with E-state index in [1.165, 1.54) is 6.33 Å². The maximum absolute atomic E-state index is 5.90. The fraction of sp³-hybridized carbons (Fsp3) is 0.214. The molecule has 1 aromatic heterocycles. The van der Waals surface area contributed by atoms with Crippen molar-refractivity contribution in [1.29, 1.82) is 0 Å². The van der Waals surface area contributed by atoms with Crippen LogP contribution in [0.4, 0.5) is 5.69 Å². The Morgan fingerprint density at radius 1 is 1.18 bits per heavy atom. The zero-order valence-corrected chi connectivity index (χ0v) is 12.3. The largest absolute Gasteiger partial charge is 0.380 e. The average Bonchev–Trinajstić information content (AvgIpc) is 3.16. The lowest BCUT2D eigenvalue weighted by Gasteiger charge is -2.24. The van der Waals surface area contributed by atoms with Crippen molar-refractivity contribution in [2.75, 3.05) is 5.43 Å². The van der Waals surface area contributed by atoms with E-state index in [-0.39, 0.29) is 5.84 Å². The molecule has 1 aliphatic rings. The van der Waals surface area contributed by atoms with Crippen LogP contribution in [0.3, 0.4) is 0 Å². The van der Waals surface area contributed by atoms with Gasteiger partial charge in [0, 0.05) is 0 Å². The second-order valence-electron chi connectivity index (χ2n) is 5.27. The second-order valence-corrected chi connectivity index (χ2v) is 5.27. The van der Waals surface area contributed by atoms with Gasteiger partial charge in [-0.1, -0.05) is 18.2 Å². The van der Waals surface area contributed by atoms with Crippen LogP contribution in [0.2, 0.25) is 0 Å². The quantitative estimate of drug-likeness (QED) is 0.827. The van der Waals surface area contributed by atoms with Crippen LogP contribution in [0.5, 0.6) is 0 Å². The molecule has 0 saturated carbocycles. The summed E-state index contributed by atoms with van der Waals surface area (Å²) in [6, 6.07) is 9.59. The van der Waals surface area contributed by atoms with Crippen LogP contribution in [-0.4, -0.2) is 32.0 Å². The van der Waals surface area contributed by atoms with E-state index in [9.17, 15) is 0 Å².